The molecule has 1 aliphatic rings. The third-order valence-corrected chi connectivity index (χ3v) is 6.34. The van der Waals surface area contributed by atoms with Crippen molar-refractivity contribution >= 4 is 17.9 Å². The Labute approximate surface area is 210 Å². The molecule has 0 bridgehead atoms. The first-order valence-corrected chi connectivity index (χ1v) is 12.6. The number of carbonyl (C=O) groups excluding carboxylic acids is 3. The third-order valence-electron chi connectivity index (χ3n) is 6.34. The molecule has 0 heterocycles. The monoisotopic (exact) mass is 483 g/mol. The normalized spacial score (nSPS) is 16.8. The number of nitrogens with one attached hydrogen (secondary N) is 2. The summed E-state index contributed by atoms with van der Waals surface area (Å²) in [6.45, 7) is 11.0. The van der Waals surface area contributed by atoms with E-state index in [1.807, 2.05) is 39.0 Å². The molecule has 7 heteroatoms. The zero-order valence-corrected chi connectivity index (χ0v) is 22.0. The number of alkyl carbamates (subject to hydrolysis) is 1. The molecule has 1 aliphatic carbocycles. The number of rotatable bonds is 8. The summed E-state index contributed by atoms with van der Waals surface area (Å²) >= 11 is 0. The molecule has 1 aromatic rings. The minimum Gasteiger partial charge on any atom is -0.444 e. The number of aryl methyl sites for hydroxylation is 1. The van der Waals surface area contributed by atoms with Gasteiger partial charge in [-0.2, -0.15) is 0 Å². The minimum atomic E-state index is -1.01. The summed E-state index contributed by atoms with van der Waals surface area (Å²) in [6.07, 6.45) is 10.9. The van der Waals surface area contributed by atoms with E-state index >= 15 is 0 Å². The first kappa shape index (κ1) is 28.2. The van der Waals surface area contributed by atoms with Crippen LogP contribution >= 0.6 is 0 Å². The van der Waals surface area contributed by atoms with Gasteiger partial charge in [0.05, 0.1) is 0 Å². The summed E-state index contributed by atoms with van der Waals surface area (Å²) in [5.74, 6) is -1.06. The fraction of sp³-hybridized carbons (Fsp3) is 0.607. The van der Waals surface area contributed by atoms with Gasteiger partial charge >= 0.3 is 6.09 Å². The quantitative estimate of drug-likeness (QED) is 0.409. The van der Waals surface area contributed by atoms with E-state index in [2.05, 4.69) is 16.7 Å². The second-order valence-corrected chi connectivity index (χ2v) is 10.5. The molecule has 1 fully saturated rings. The summed E-state index contributed by atoms with van der Waals surface area (Å²) in [6, 6.07) is 7.98. The van der Waals surface area contributed by atoms with E-state index in [-0.39, 0.29) is 17.9 Å². The number of terminal acetylenes is 1. The van der Waals surface area contributed by atoms with Gasteiger partial charge in [-0.3, -0.25) is 14.5 Å². The Bertz CT molecular complexity index is 925. The van der Waals surface area contributed by atoms with Gasteiger partial charge in [-0.15, -0.1) is 0 Å². The highest BCUT2D eigenvalue weighted by Crippen LogP contribution is 2.26. The van der Waals surface area contributed by atoms with E-state index in [0.29, 0.717) is 12.0 Å². The van der Waals surface area contributed by atoms with Gasteiger partial charge in [0.25, 0.3) is 5.91 Å². The topological polar surface area (TPSA) is 87.7 Å². The largest absolute Gasteiger partial charge is 0.444 e. The van der Waals surface area contributed by atoms with Crippen molar-refractivity contribution in [3.05, 3.63) is 35.4 Å². The fourth-order valence-electron chi connectivity index (χ4n) is 4.32. The number of benzene rings is 1. The van der Waals surface area contributed by atoms with Gasteiger partial charge < -0.3 is 15.4 Å². The van der Waals surface area contributed by atoms with Crippen molar-refractivity contribution in [1.29, 1.82) is 0 Å². The maximum Gasteiger partial charge on any atom is 0.408 e. The summed E-state index contributed by atoms with van der Waals surface area (Å²) in [5, 5.41) is 5.82. The maximum atomic E-state index is 13.8. The molecular weight excluding hydrogens is 442 g/mol. The molecule has 0 aliphatic heterocycles. The van der Waals surface area contributed by atoms with Crippen LogP contribution in [0.25, 0.3) is 0 Å². The average molecular weight is 484 g/mol. The number of hydrogen-bond donors (Lipinski definition) is 2. The van der Waals surface area contributed by atoms with Crippen LogP contribution < -0.4 is 10.6 Å². The first-order valence-electron chi connectivity index (χ1n) is 12.6. The number of ether oxygens (including phenoxy) is 1. The van der Waals surface area contributed by atoms with Crippen LogP contribution in [0.2, 0.25) is 0 Å². The summed E-state index contributed by atoms with van der Waals surface area (Å²) in [4.78, 5) is 41.1. The minimum absolute atomic E-state index is 0.0588. The second kappa shape index (κ2) is 12.6. The van der Waals surface area contributed by atoms with Crippen molar-refractivity contribution in [3.8, 4) is 12.5 Å². The van der Waals surface area contributed by atoms with Crippen molar-refractivity contribution < 1.29 is 19.1 Å². The predicted molar refractivity (Wildman–Crippen MR) is 137 cm³/mol. The van der Waals surface area contributed by atoms with Gasteiger partial charge in [0.1, 0.15) is 17.7 Å². The molecule has 1 aromatic carbocycles. The fourth-order valence-corrected chi connectivity index (χ4v) is 4.32. The maximum absolute atomic E-state index is 13.8. The standard InChI is InChI=1S/C28H41N3O4/c1-8-20(4)23(30-27(34)35-28(5,6)7)26(33)31(9-2)24(21-15-13-14-19(3)18-21)25(32)29-22-16-11-10-12-17-22/h2,13-15,18,20,22-24H,8,10-12,16-17H2,1,3-7H3,(H,29,32)(H,30,34). The van der Waals surface area contributed by atoms with Crippen molar-refractivity contribution in [2.24, 2.45) is 5.92 Å². The smallest absolute Gasteiger partial charge is 0.408 e. The Morgan fingerprint density at radius 1 is 1.20 bits per heavy atom. The first-order chi connectivity index (χ1) is 16.5. The number of hydrogen-bond acceptors (Lipinski definition) is 4. The molecule has 35 heavy (non-hydrogen) atoms. The summed E-state index contributed by atoms with van der Waals surface area (Å²) in [7, 11) is 0. The molecule has 3 atom stereocenters. The SMILES string of the molecule is C#CN(C(=O)C(NC(=O)OC(C)(C)C)C(C)CC)C(C(=O)NC1CCCCC1)c1cccc(C)c1. The predicted octanol–water partition coefficient (Wildman–Crippen LogP) is 4.84. The molecule has 192 valence electrons. The summed E-state index contributed by atoms with van der Waals surface area (Å²) in [5.41, 5.74) is 0.862. The molecule has 0 radical (unpaired) electrons. The number of carbonyl (C=O) groups is 3. The highest BCUT2D eigenvalue weighted by molar-refractivity contribution is 5.93. The summed E-state index contributed by atoms with van der Waals surface area (Å²) < 4.78 is 5.38. The molecule has 0 saturated heterocycles. The van der Waals surface area contributed by atoms with Crippen LogP contribution in [0.1, 0.15) is 90.3 Å². The van der Waals surface area contributed by atoms with Crippen molar-refractivity contribution in [2.75, 3.05) is 0 Å². The van der Waals surface area contributed by atoms with Crippen molar-refractivity contribution in [1.82, 2.24) is 15.5 Å². The van der Waals surface area contributed by atoms with Gasteiger partial charge in [0.2, 0.25) is 5.91 Å². The Balaban J connectivity index is 2.40. The molecule has 2 rings (SSSR count). The lowest BCUT2D eigenvalue weighted by molar-refractivity contribution is -0.139. The molecule has 0 aromatic heterocycles. The average Bonchev–Trinajstić information content (AvgIpc) is 2.79. The second-order valence-electron chi connectivity index (χ2n) is 10.5. The molecule has 3 amide bonds. The van der Waals surface area contributed by atoms with Gasteiger partial charge in [-0.25, -0.2) is 4.79 Å². The van der Waals surface area contributed by atoms with Crippen LogP contribution in [0, 0.1) is 25.3 Å². The van der Waals surface area contributed by atoms with Gasteiger partial charge in [0, 0.05) is 12.1 Å². The van der Waals surface area contributed by atoms with E-state index in [1.165, 1.54) is 0 Å². The zero-order chi connectivity index (χ0) is 26.2. The van der Waals surface area contributed by atoms with E-state index in [4.69, 9.17) is 11.2 Å². The van der Waals surface area contributed by atoms with E-state index in [1.54, 1.807) is 26.8 Å². The molecule has 2 N–H and O–H groups in total. The van der Waals surface area contributed by atoms with Crippen LogP contribution in [-0.2, 0) is 14.3 Å². The highest BCUT2D eigenvalue weighted by Gasteiger charge is 2.38. The third kappa shape index (κ3) is 8.31. The number of nitrogens with zero attached hydrogens (tertiary/aromatic N) is 1. The van der Waals surface area contributed by atoms with Crippen molar-refractivity contribution in [2.45, 2.75) is 104 Å². The van der Waals surface area contributed by atoms with E-state index in [0.717, 1.165) is 42.6 Å². The van der Waals surface area contributed by atoms with E-state index in [9.17, 15) is 14.4 Å². The Morgan fingerprint density at radius 3 is 2.40 bits per heavy atom. The Morgan fingerprint density at radius 2 is 1.86 bits per heavy atom. The lowest BCUT2D eigenvalue weighted by Crippen LogP contribution is -2.54. The van der Waals surface area contributed by atoms with Gasteiger partial charge in [-0.05, 0) is 52.0 Å². The molecule has 3 unspecified atom stereocenters. The Hall–Kier alpha value is -3.01. The van der Waals surface area contributed by atoms with Gasteiger partial charge in [0.15, 0.2) is 0 Å². The molecule has 1 saturated carbocycles. The van der Waals surface area contributed by atoms with Crippen LogP contribution in [0.4, 0.5) is 4.79 Å². The highest BCUT2D eigenvalue weighted by atomic mass is 16.6. The van der Waals surface area contributed by atoms with Gasteiger partial charge in [-0.1, -0.05) is 75.8 Å². The number of amides is 3. The molecule has 0 spiro atoms. The lowest BCUT2D eigenvalue weighted by Gasteiger charge is -2.33. The van der Waals surface area contributed by atoms with E-state index < -0.39 is 29.7 Å². The zero-order valence-electron chi connectivity index (χ0n) is 22.0. The molecular formula is C28H41N3O4. The lowest BCUT2D eigenvalue weighted by atomic mass is 9.93. The van der Waals surface area contributed by atoms with Crippen LogP contribution in [0.5, 0.6) is 0 Å². The molecule has 7 nitrogen and oxygen atoms in total. The Kier molecular flexibility index (Phi) is 10.2. The van der Waals surface area contributed by atoms with Crippen LogP contribution in [0.3, 0.4) is 0 Å². The van der Waals surface area contributed by atoms with Crippen LogP contribution in [-0.4, -0.2) is 40.5 Å². The van der Waals surface area contributed by atoms with Crippen molar-refractivity contribution in [3.63, 3.8) is 0 Å². The van der Waals surface area contributed by atoms with Crippen LogP contribution in [0.15, 0.2) is 24.3 Å².